The van der Waals surface area contributed by atoms with Gasteiger partial charge in [0.15, 0.2) is 5.76 Å². The van der Waals surface area contributed by atoms with Gasteiger partial charge in [-0.3, -0.25) is 14.6 Å². The summed E-state index contributed by atoms with van der Waals surface area (Å²) in [4.78, 5) is 19.9. The number of hydrogen-bond donors (Lipinski definition) is 0. The van der Waals surface area contributed by atoms with Crippen molar-refractivity contribution in [2.24, 2.45) is 11.8 Å². The zero-order valence-electron chi connectivity index (χ0n) is 16.6. The van der Waals surface area contributed by atoms with E-state index < -0.39 is 0 Å². The van der Waals surface area contributed by atoms with Crippen molar-refractivity contribution in [3.05, 3.63) is 59.5 Å². The lowest BCUT2D eigenvalue weighted by molar-refractivity contribution is 0.0732. The zero-order valence-corrected chi connectivity index (χ0v) is 16.6. The van der Waals surface area contributed by atoms with E-state index in [1.807, 2.05) is 17.0 Å². The summed E-state index contributed by atoms with van der Waals surface area (Å²) in [6.07, 6.45) is 2.53. The molecule has 5 heteroatoms. The second kappa shape index (κ2) is 7.37. The van der Waals surface area contributed by atoms with Crippen LogP contribution in [0.3, 0.4) is 0 Å². The molecule has 0 radical (unpaired) electrons. The monoisotopic (exact) mass is 379 g/mol. The smallest absolute Gasteiger partial charge is 0.289 e. The number of amides is 1. The van der Waals surface area contributed by atoms with E-state index in [1.165, 1.54) is 18.4 Å². The molecule has 0 unspecified atom stereocenters. The van der Waals surface area contributed by atoms with Crippen molar-refractivity contribution in [2.45, 2.75) is 25.4 Å². The molecule has 3 fully saturated rings. The van der Waals surface area contributed by atoms with Gasteiger partial charge in [-0.25, -0.2) is 0 Å². The van der Waals surface area contributed by atoms with E-state index in [9.17, 15) is 4.79 Å². The maximum atomic E-state index is 13.1. The third-order valence-electron chi connectivity index (χ3n) is 6.77. The van der Waals surface area contributed by atoms with Gasteiger partial charge in [-0.1, -0.05) is 30.3 Å². The highest BCUT2D eigenvalue weighted by Crippen LogP contribution is 2.44. The number of benzene rings is 1. The predicted molar refractivity (Wildman–Crippen MR) is 108 cm³/mol. The van der Waals surface area contributed by atoms with E-state index >= 15 is 0 Å². The molecular weight excluding hydrogens is 350 g/mol. The Kier molecular flexibility index (Phi) is 4.73. The summed E-state index contributed by atoms with van der Waals surface area (Å²) in [5.41, 5.74) is 1.36. The van der Waals surface area contributed by atoms with Gasteiger partial charge in [0, 0.05) is 31.6 Å². The molecule has 1 amide bonds. The van der Waals surface area contributed by atoms with E-state index in [1.54, 1.807) is 0 Å². The van der Waals surface area contributed by atoms with Gasteiger partial charge in [-0.2, -0.15) is 0 Å². The van der Waals surface area contributed by atoms with Crippen molar-refractivity contribution in [1.82, 2.24) is 14.7 Å². The average molecular weight is 380 g/mol. The summed E-state index contributed by atoms with van der Waals surface area (Å²) in [5.74, 6) is 2.50. The number of nitrogens with zero attached hydrogens (tertiary/aromatic N) is 3. The lowest BCUT2D eigenvalue weighted by Crippen LogP contribution is -2.33. The number of rotatable bonds is 4. The molecule has 0 aliphatic carbocycles. The molecule has 0 bridgehead atoms. The summed E-state index contributed by atoms with van der Waals surface area (Å²) >= 11 is 0. The van der Waals surface area contributed by atoms with Gasteiger partial charge in [0.25, 0.3) is 5.91 Å². The molecule has 5 nitrogen and oxygen atoms in total. The van der Waals surface area contributed by atoms with Crippen molar-refractivity contribution in [3.63, 3.8) is 0 Å². The summed E-state index contributed by atoms with van der Waals surface area (Å²) in [6.45, 7) is 5.78. The highest BCUT2D eigenvalue weighted by Gasteiger charge is 2.47. The minimum atomic E-state index is 0.0523. The Morgan fingerprint density at radius 2 is 1.82 bits per heavy atom. The largest absolute Gasteiger partial charge is 0.455 e. The average Bonchev–Trinajstić information content (AvgIpc) is 3.47. The Hall–Kier alpha value is -2.11. The topological polar surface area (TPSA) is 39.9 Å². The van der Waals surface area contributed by atoms with E-state index in [2.05, 4.69) is 47.2 Å². The first-order valence-corrected chi connectivity index (χ1v) is 10.5. The first-order chi connectivity index (χ1) is 13.7. The third kappa shape index (κ3) is 3.27. The standard InChI is InChI=1S/C23H29N3O2/c1-24-13-18-14-26(16-20(18)22(24)17-7-3-2-4-8-17)23(27)21-10-9-19(28-21)15-25-11-5-6-12-25/h2-4,7-10,18,20,22H,5-6,11-16H2,1H3/t18-,20+,22-/m0/s1. The molecule has 3 atom stereocenters. The quantitative estimate of drug-likeness (QED) is 0.818. The molecule has 3 saturated heterocycles. The first-order valence-electron chi connectivity index (χ1n) is 10.5. The van der Waals surface area contributed by atoms with Crippen LogP contribution < -0.4 is 0 Å². The lowest BCUT2D eigenvalue weighted by Gasteiger charge is -2.26. The number of fused-ring (bicyclic) bond motifs is 1. The zero-order chi connectivity index (χ0) is 19.1. The lowest BCUT2D eigenvalue weighted by atomic mass is 9.90. The SMILES string of the molecule is CN1C[C@H]2CN(C(=O)c3ccc(CN4CCCC4)o3)C[C@H]2[C@@H]1c1ccccc1. The van der Waals surface area contributed by atoms with Crippen LogP contribution in [0.5, 0.6) is 0 Å². The van der Waals surface area contributed by atoms with Crippen LogP contribution in [0.4, 0.5) is 0 Å². The second-order valence-corrected chi connectivity index (χ2v) is 8.68. The highest BCUT2D eigenvalue weighted by molar-refractivity contribution is 5.91. The van der Waals surface area contributed by atoms with Crippen LogP contribution in [0.25, 0.3) is 0 Å². The van der Waals surface area contributed by atoms with E-state index in [0.717, 1.165) is 45.0 Å². The van der Waals surface area contributed by atoms with Crippen LogP contribution in [0, 0.1) is 11.8 Å². The molecule has 5 rings (SSSR count). The molecule has 1 aromatic heterocycles. The normalized spacial score (nSPS) is 28.2. The number of carbonyl (C=O) groups is 1. The molecule has 3 aliphatic heterocycles. The molecular formula is C23H29N3O2. The first kappa shape index (κ1) is 18.0. The van der Waals surface area contributed by atoms with Gasteiger partial charge in [-0.15, -0.1) is 0 Å². The van der Waals surface area contributed by atoms with Crippen LogP contribution in [0.1, 0.15) is 40.8 Å². The van der Waals surface area contributed by atoms with E-state index in [0.29, 0.717) is 23.6 Å². The Morgan fingerprint density at radius 1 is 1.04 bits per heavy atom. The van der Waals surface area contributed by atoms with Crippen molar-refractivity contribution in [1.29, 1.82) is 0 Å². The van der Waals surface area contributed by atoms with Gasteiger partial charge in [0.2, 0.25) is 0 Å². The Labute approximate surface area is 166 Å². The minimum Gasteiger partial charge on any atom is -0.455 e. The molecule has 3 aliphatic rings. The van der Waals surface area contributed by atoms with Crippen LogP contribution in [0.15, 0.2) is 46.9 Å². The van der Waals surface area contributed by atoms with Gasteiger partial charge < -0.3 is 9.32 Å². The fourth-order valence-electron chi connectivity index (χ4n) is 5.47. The van der Waals surface area contributed by atoms with Crippen molar-refractivity contribution >= 4 is 5.91 Å². The molecule has 0 N–H and O–H groups in total. The summed E-state index contributed by atoms with van der Waals surface area (Å²) in [6, 6.07) is 14.9. The van der Waals surface area contributed by atoms with Gasteiger partial charge in [0.05, 0.1) is 6.54 Å². The minimum absolute atomic E-state index is 0.0523. The number of carbonyl (C=O) groups excluding carboxylic acids is 1. The van der Waals surface area contributed by atoms with Crippen molar-refractivity contribution in [2.75, 3.05) is 39.8 Å². The van der Waals surface area contributed by atoms with Crippen molar-refractivity contribution < 1.29 is 9.21 Å². The van der Waals surface area contributed by atoms with Crippen molar-refractivity contribution in [3.8, 4) is 0 Å². The highest BCUT2D eigenvalue weighted by atomic mass is 16.4. The molecule has 4 heterocycles. The maximum absolute atomic E-state index is 13.1. The van der Waals surface area contributed by atoms with E-state index in [4.69, 9.17) is 4.42 Å². The summed E-state index contributed by atoms with van der Waals surface area (Å²) in [7, 11) is 2.21. The fourth-order valence-corrected chi connectivity index (χ4v) is 5.47. The third-order valence-corrected chi connectivity index (χ3v) is 6.77. The Balaban J connectivity index is 1.27. The maximum Gasteiger partial charge on any atom is 0.289 e. The second-order valence-electron chi connectivity index (χ2n) is 8.68. The molecule has 0 saturated carbocycles. The van der Waals surface area contributed by atoms with Gasteiger partial charge in [0.1, 0.15) is 5.76 Å². The summed E-state index contributed by atoms with van der Waals surface area (Å²) < 4.78 is 5.93. The molecule has 148 valence electrons. The van der Waals surface area contributed by atoms with Crippen LogP contribution in [-0.2, 0) is 6.54 Å². The Bertz CT molecular complexity index is 827. The fraction of sp³-hybridized carbons (Fsp3) is 0.522. The van der Waals surface area contributed by atoms with Gasteiger partial charge in [-0.05, 0) is 56.6 Å². The molecule has 0 spiro atoms. The summed E-state index contributed by atoms with van der Waals surface area (Å²) in [5, 5.41) is 0. The van der Waals surface area contributed by atoms with Gasteiger partial charge >= 0.3 is 0 Å². The number of hydrogen-bond acceptors (Lipinski definition) is 4. The number of likely N-dealkylation sites (tertiary alicyclic amines) is 3. The molecule has 2 aromatic rings. The Morgan fingerprint density at radius 3 is 2.61 bits per heavy atom. The molecule has 1 aromatic carbocycles. The van der Waals surface area contributed by atoms with Crippen LogP contribution in [0.2, 0.25) is 0 Å². The number of furan rings is 1. The molecule has 28 heavy (non-hydrogen) atoms. The van der Waals surface area contributed by atoms with E-state index in [-0.39, 0.29) is 5.91 Å². The van der Waals surface area contributed by atoms with Crippen LogP contribution in [-0.4, -0.2) is 60.4 Å². The predicted octanol–water partition coefficient (Wildman–Crippen LogP) is 3.25. The van der Waals surface area contributed by atoms with Crippen LogP contribution >= 0.6 is 0 Å².